The van der Waals surface area contributed by atoms with Crippen molar-refractivity contribution in [2.75, 3.05) is 18.0 Å². The van der Waals surface area contributed by atoms with Crippen LogP contribution in [0.15, 0.2) is 61.4 Å². The number of carbonyl (C=O) groups excluding carboxylic acids is 1. The molecule has 7 heteroatoms. The zero-order valence-electron chi connectivity index (χ0n) is 16.9. The van der Waals surface area contributed by atoms with Crippen molar-refractivity contribution in [3.05, 3.63) is 72.6 Å². The van der Waals surface area contributed by atoms with E-state index in [1.807, 2.05) is 18.6 Å². The maximum absolute atomic E-state index is 13.2. The van der Waals surface area contributed by atoms with Gasteiger partial charge >= 0.3 is 0 Å². The fourth-order valence-corrected chi connectivity index (χ4v) is 4.77. The van der Waals surface area contributed by atoms with Crippen molar-refractivity contribution in [1.82, 2.24) is 24.8 Å². The zero-order valence-corrected chi connectivity index (χ0v) is 16.9. The standard InChI is InChI=1S/C23H26N6O/c30-22(18-8-13-28(14-9-18)23-25-10-3-11-26-23)27-21-19-5-2-1-4-17(19)6-7-20(21)29-15-12-24-16-29/h1-5,10-12,15-16,18,20-21H,6-9,13-14H2,(H,27,30). The van der Waals surface area contributed by atoms with E-state index in [0.29, 0.717) is 0 Å². The van der Waals surface area contributed by atoms with Crippen molar-refractivity contribution >= 4 is 11.9 Å². The van der Waals surface area contributed by atoms with Crippen molar-refractivity contribution < 1.29 is 4.79 Å². The molecule has 154 valence electrons. The van der Waals surface area contributed by atoms with Gasteiger partial charge in [0.2, 0.25) is 11.9 Å². The van der Waals surface area contributed by atoms with E-state index in [1.165, 1.54) is 11.1 Å². The van der Waals surface area contributed by atoms with E-state index in [4.69, 9.17) is 0 Å². The lowest BCUT2D eigenvalue weighted by molar-refractivity contribution is -0.126. The van der Waals surface area contributed by atoms with Crippen LogP contribution in [0.25, 0.3) is 0 Å². The summed E-state index contributed by atoms with van der Waals surface area (Å²) in [5, 5.41) is 3.40. The van der Waals surface area contributed by atoms with Crippen molar-refractivity contribution in [1.29, 1.82) is 0 Å². The molecular formula is C23H26N6O. The summed E-state index contributed by atoms with van der Waals surface area (Å²) in [6.07, 6.45) is 12.8. The Morgan fingerprint density at radius 3 is 2.57 bits per heavy atom. The highest BCUT2D eigenvalue weighted by molar-refractivity contribution is 5.79. The van der Waals surface area contributed by atoms with Gasteiger partial charge < -0.3 is 14.8 Å². The molecule has 30 heavy (non-hydrogen) atoms. The van der Waals surface area contributed by atoms with E-state index >= 15 is 0 Å². The summed E-state index contributed by atoms with van der Waals surface area (Å²) in [5.74, 6) is 0.913. The summed E-state index contributed by atoms with van der Waals surface area (Å²) in [6, 6.07) is 10.4. The molecule has 3 heterocycles. The number of imidazole rings is 1. The summed E-state index contributed by atoms with van der Waals surface area (Å²) in [7, 11) is 0. The zero-order chi connectivity index (χ0) is 20.3. The first-order valence-corrected chi connectivity index (χ1v) is 10.7. The number of nitrogens with zero attached hydrogens (tertiary/aromatic N) is 5. The molecule has 1 aliphatic carbocycles. The molecular weight excluding hydrogens is 376 g/mol. The van der Waals surface area contributed by atoms with E-state index in [2.05, 4.69) is 54.0 Å². The molecule has 2 aromatic heterocycles. The maximum atomic E-state index is 13.2. The topological polar surface area (TPSA) is 75.9 Å². The number of rotatable bonds is 4. The monoisotopic (exact) mass is 402 g/mol. The number of benzene rings is 1. The van der Waals surface area contributed by atoms with Gasteiger partial charge in [-0.2, -0.15) is 0 Å². The Balaban J connectivity index is 1.30. The molecule has 0 spiro atoms. The lowest BCUT2D eigenvalue weighted by Gasteiger charge is -2.37. The van der Waals surface area contributed by atoms with Gasteiger partial charge in [0.1, 0.15) is 0 Å². The summed E-state index contributed by atoms with van der Waals surface area (Å²) in [5.41, 5.74) is 2.56. The molecule has 7 nitrogen and oxygen atoms in total. The molecule has 0 saturated carbocycles. The Labute approximate surface area is 176 Å². The van der Waals surface area contributed by atoms with Crippen molar-refractivity contribution in [2.24, 2.45) is 5.92 Å². The summed E-state index contributed by atoms with van der Waals surface area (Å²) >= 11 is 0. The van der Waals surface area contributed by atoms with Crippen LogP contribution in [0.2, 0.25) is 0 Å². The highest BCUT2D eigenvalue weighted by atomic mass is 16.2. The van der Waals surface area contributed by atoms with Gasteiger partial charge in [0.05, 0.1) is 18.4 Å². The number of fused-ring (bicyclic) bond motifs is 1. The predicted octanol–water partition coefficient (Wildman–Crippen LogP) is 2.93. The Hall–Kier alpha value is -3.22. The molecule has 1 amide bonds. The smallest absolute Gasteiger partial charge is 0.225 e. The van der Waals surface area contributed by atoms with Crippen LogP contribution >= 0.6 is 0 Å². The summed E-state index contributed by atoms with van der Waals surface area (Å²) < 4.78 is 2.14. The molecule has 1 aromatic carbocycles. The highest BCUT2D eigenvalue weighted by Crippen LogP contribution is 2.38. The van der Waals surface area contributed by atoms with Gasteiger partial charge in [-0.05, 0) is 42.9 Å². The number of aromatic nitrogens is 4. The van der Waals surface area contributed by atoms with Crippen molar-refractivity contribution in [3.63, 3.8) is 0 Å². The van der Waals surface area contributed by atoms with Crippen LogP contribution in [0.4, 0.5) is 5.95 Å². The lowest BCUT2D eigenvalue weighted by Crippen LogP contribution is -2.44. The quantitative estimate of drug-likeness (QED) is 0.726. The minimum atomic E-state index is -0.0351. The third kappa shape index (κ3) is 3.67. The maximum Gasteiger partial charge on any atom is 0.225 e. The number of carbonyl (C=O) groups is 1. The van der Waals surface area contributed by atoms with E-state index in [-0.39, 0.29) is 23.9 Å². The molecule has 2 aliphatic rings. The fraction of sp³-hybridized carbons (Fsp3) is 0.391. The first-order valence-electron chi connectivity index (χ1n) is 10.7. The second-order valence-electron chi connectivity index (χ2n) is 8.11. The average Bonchev–Trinajstić information content (AvgIpc) is 3.35. The Bertz CT molecular complexity index is 982. The molecule has 1 saturated heterocycles. The third-order valence-corrected chi connectivity index (χ3v) is 6.39. The van der Waals surface area contributed by atoms with E-state index in [0.717, 1.165) is 44.7 Å². The van der Waals surface area contributed by atoms with Gasteiger partial charge in [-0.3, -0.25) is 4.79 Å². The van der Waals surface area contributed by atoms with Gasteiger partial charge in [0, 0.05) is 43.8 Å². The Morgan fingerprint density at radius 1 is 1.00 bits per heavy atom. The van der Waals surface area contributed by atoms with E-state index in [9.17, 15) is 4.79 Å². The van der Waals surface area contributed by atoms with Gasteiger partial charge in [0.25, 0.3) is 0 Å². The molecule has 2 atom stereocenters. The van der Waals surface area contributed by atoms with Crippen LogP contribution < -0.4 is 10.2 Å². The fourth-order valence-electron chi connectivity index (χ4n) is 4.77. The number of aryl methyl sites for hydroxylation is 1. The highest BCUT2D eigenvalue weighted by Gasteiger charge is 2.34. The van der Waals surface area contributed by atoms with E-state index < -0.39 is 0 Å². The lowest BCUT2D eigenvalue weighted by atomic mass is 9.83. The minimum Gasteiger partial charge on any atom is -0.347 e. The van der Waals surface area contributed by atoms with Crippen LogP contribution in [0.3, 0.4) is 0 Å². The second kappa shape index (κ2) is 8.26. The number of hydrogen-bond donors (Lipinski definition) is 1. The first kappa shape index (κ1) is 18.8. The van der Waals surface area contributed by atoms with Gasteiger partial charge in [-0.25, -0.2) is 15.0 Å². The Morgan fingerprint density at radius 2 is 1.80 bits per heavy atom. The van der Waals surface area contributed by atoms with Crippen LogP contribution in [0, 0.1) is 5.92 Å². The SMILES string of the molecule is O=C(NC1c2ccccc2CCC1n1ccnc1)C1CCN(c2ncccn2)CC1. The largest absolute Gasteiger partial charge is 0.347 e. The molecule has 5 rings (SSSR count). The summed E-state index contributed by atoms with van der Waals surface area (Å²) in [6.45, 7) is 1.60. The molecule has 1 aliphatic heterocycles. The average molecular weight is 403 g/mol. The molecule has 1 fully saturated rings. The molecule has 0 bridgehead atoms. The number of hydrogen-bond acceptors (Lipinski definition) is 5. The number of anilines is 1. The minimum absolute atomic E-state index is 0.0162. The van der Waals surface area contributed by atoms with Gasteiger partial charge in [-0.15, -0.1) is 0 Å². The third-order valence-electron chi connectivity index (χ3n) is 6.39. The number of amides is 1. The Kier molecular flexibility index (Phi) is 5.17. The molecule has 2 unspecified atom stereocenters. The van der Waals surface area contributed by atoms with Crippen molar-refractivity contribution in [3.8, 4) is 0 Å². The van der Waals surface area contributed by atoms with Crippen molar-refractivity contribution in [2.45, 2.75) is 37.8 Å². The van der Waals surface area contributed by atoms with E-state index in [1.54, 1.807) is 18.6 Å². The van der Waals surface area contributed by atoms with Gasteiger partial charge in [0.15, 0.2) is 0 Å². The normalized spacial score (nSPS) is 21.8. The summed E-state index contributed by atoms with van der Waals surface area (Å²) in [4.78, 5) is 28.3. The molecule has 3 aromatic rings. The predicted molar refractivity (Wildman–Crippen MR) is 114 cm³/mol. The van der Waals surface area contributed by atoms with Crippen LogP contribution in [-0.4, -0.2) is 38.5 Å². The van der Waals surface area contributed by atoms with Gasteiger partial charge in [-0.1, -0.05) is 24.3 Å². The molecule has 1 N–H and O–H groups in total. The first-order chi connectivity index (χ1) is 14.8. The second-order valence-corrected chi connectivity index (χ2v) is 8.11. The molecule has 0 radical (unpaired) electrons. The van der Waals surface area contributed by atoms with Crippen LogP contribution in [-0.2, 0) is 11.2 Å². The number of nitrogens with one attached hydrogen (secondary N) is 1. The van der Waals surface area contributed by atoms with Crippen LogP contribution in [0.5, 0.6) is 0 Å². The van der Waals surface area contributed by atoms with Crippen LogP contribution in [0.1, 0.15) is 42.5 Å². The number of piperidine rings is 1.